The lowest BCUT2D eigenvalue weighted by Crippen LogP contribution is -2.37. The minimum Gasteiger partial charge on any atom is -0.497 e. The van der Waals surface area contributed by atoms with E-state index in [4.69, 9.17) is 9.47 Å². The Morgan fingerprint density at radius 3 is 2.40 bits per heavy atom. The van der Waals surface area contributed by atoms with E-state index in [1.165, 1.54) is 32.4 Å². The molecule has 0 bridgehead atoms. The van der Waals surface area contributed by atoms with Crippen molar-refractivity contribution in [3.05, 3.63) is 18.2 Å². The van der Waals surface area contributed by atoms with Gasteiger partial charge in [0.15, 0.2) is 9.84 Å². The summed E-state index contributed by atoms with van der Waals surface area (Å²) in [6.07, 6.45) is 0.205. The minimum atomic E-state index is -4.10. The molecule has 1 aromatic carbocycles. The van der Waals surface area contributed by atoms with E-state index in [9.17, 15) is 16.8 Å². The molecule has 10 heteroatoms. The quantitative estimate of drug-likeness (QED) is 0.535. The van der Waals surface area contributed by atoms with E-state index in [-0.39, 0.29) is 28.6 Å². The van der Waals surface area contributed by atoms with Crippen LogP contribution < -0.4 is 9.47 Å². The van der Waals surface area contributed by atoms with Gasteiger partial charge in [0.05, 0.1) is 31.8 Å². The van der Waals surface area contributed by atoms with Crippen LogP contribution in [-0.2, 0) is 19.9 Å². The first-order valence-corrected chi connectivity index (χ1v) is 10.9. The lowest BCUT2D eigenvalue weighted by molar-refractivity contribution is 0.348. The fraction of sp³-hybridized carbons (Fsp3) is 0.533. The number of sulfonamides is 1. The lowest BCUT2D eigenvalue weighted by Gasteiger charge is -2.25. The number of hydrogen-bond acceptors (Lipinski definition) is 7. The zero-order valence-corrected chi connectivity index (χ0v) is 16.2. The van der Waals surface area contributed by atoms with Crippen LogP contribution >= 0.6 is 0 Å². The number of benzene rings is 1. The zero-order valence-electron chi connectivity index (χ0n) is 14.6. The highest BCUT2D eigenvalue weighted by Crippen LogP contribution is 2.33. The standard InChI is InChI=1S/C15H22N2O6S2/c1-11(2)16-17(12-7-8-24(18,19)10-12)25(20,21)15-6-5-13(22-3)9-14(15)23-4/h5-6,9,12H,7-8,10H2,1-4H3/t12-/m0/s1. The molecule has 1 heterocycles. The number of hydrazone groups is 1. The summed E-state index contributed by atoms with van der Waals surface area (Å²) in [4.78, 5) is -0.0925. The van der Waals surface area contributed by atoms with Gasteiger partial charge in [-0.2, -0.15) is 17.9 Å². The predicted octanol–water partition coefficient (Wildman–Crippen LogP) is 1.28. The number of ether oxygens (including phenoxy) is 2. The second-order valence-corrected chi connectivity index (χ2v) is 9.89. The van der Waals surface area contributed by atoms with Crippen LogP contribution in [0.2, 0.25) is 0 Å². The largest absolute Gasteiger partial charge is 0.497 e. The highest BCUT2D eigenvalue weighted by molar-refractivity contribution is 7.92. The molecule has 1 fully saturated rings. The number of rotatable bonds is 6. The van der Waals surface area contributed by atoms with Gasteiger partial charge in [0, 0.05) is 11.8 Å². The third-order valence-corrected chi connectivity index (χ3v) is 7.23. The highest BCUT2D eigenvalue weighted by Gasteiger charge is 2.39. The van der Waals surface area contributed by atoms with Gasteiger partial charge in [-0.15, -0.1) is 0 Å². The molecule has 1 aliphatic rings. The molecule has 0 radical (unpaired) electrons. The molecule has 25 heavy (non-hydrogen) atoms. The molecule has 1 aromatic rings. The van der Waals surface area contributed by atoms with Gasteiger partial charge in [0.25, 0.3) is 10.0 Å². The van der Waals surface area contributed by atoms with E-state index in [2.05, 4.69) is 5.10 Å². The molecular formula is C15H22N2O6S2. The monoisotopic (exact) mass is 390 g/mol. The van der Waals surface area contributed by atoms with Gasteiger partial charge in [-0.05, 0) is 32.4 Å². The van der Waals surface area contributed by atoms with Crippen molar-refractivity contribution in [2.75, 3.05) is 25.7 Å². The molecule has 0 amide bonds. The maximum Gasteiger partial charge on any atom is 0.282 e. The fourth-order valence-electron chi connectivity index (χ4n) is 2.57. The third-order valence-electron chi connectivity index (χ3n) is 3.71. The Morgan fingerprint density at radius 2 is 1.92 bits per heavy atom. The lowest BCUT2D eigenvalue weighted by atomic mass is 10.3. The van der Waals surface area contributed by atoms with Crippen LogP contribution in [0.1, 0.15) is 20.3 Å². The van der Waals surface area contributed by atoms with Crippen LogP contribution in [0, 0.1) is 0 Å². The molecule has 0 saturated carbocycles. The topological polar surface area (TPSA) is 102 Å². The summed E-state index contributed by atoms with van der Waals surface area (Å²) in [7, 11) is -4.55. The summed E-state index contributed by atoms with van der Waals surface area (Å²) in [5, 5.41) is 4.10. The molecule has 0 unspecified atom stereocenters. The zero-order chi connectivity index (χ0) is 18.8. The van der Waals surface area contributed by atoms with Gasteiger partial charge in [-0.1, -0.05) is 0 Å². The maximum atomic E-state index is 13.1. The van der Waals surface area contributed by atoms with Gasteiger partial charge in [-0.3, -0.25) is 0 Å². The summed E-state index contributed by atoms with van der Waals surface area (Å²) in [6, 6.07) is 3.58. The van der Waals surface area contributed by atoms with Crippen LogP contribution in [-0.4, -0.2) is 58.7 Å². The molecule has 1 saturated heterocycles. The number of hydrogen-bond donors (Lipinski definition) is 0. The van der Waals surface area contributed by atoms with E-state index < -0.39 is 25.9 Å². The van der Waals surface area contributed by atoms with Crippen molar-refractivity contribution >= 4 is 25.6 Å². The highest BCUT2D eigenvalue weighted by atomic mass is 32.2. The Labute approximate surface area is 148 Å². The van der Waals surface area contributed by atoms with E-state index in [0.717, 1.165) is 4.41 Å². The SMILES string of the molecule is COc1ccc(S(=O)(=O)N(N=C(C)C)[C@H]2CCS(=O)(=O)C2)c(OC)c1. The molecule has 2 rings (SSSR count). The van der Waals surface area contributed by atoms with Gasteiger partial charge in [0.1, 0.15) is 16.4 Å². The summed E-state index contributed by atoms with van der Waals surface area (Å²) in [5.74, 6) is 0.249. The van der Waals surface area contributed by atoms with Gasteiger partial charge >= 0.3 is 0 Å². The van der Waals surface area contributed by atoms with Crippen molar-refractivity contribution in [1.29, 1.82) is 0 Å². The third kappa shape index (κ3) is 4.24. The molecule has 8 nitrogen and oxygen atoms in total. The predicted molar refractivity (Wildman–Crippen MR) is 94.4 cm³/mol. The molecule has 1 aliphatic heterocycles. The van der Waals surface area contributed by atoms with Crippen molar-refractivity contribution in [2.45, 2.75) is 31.2 Å². The number of sulfone groups is 1. The molecule has 0 spiro atoms. The van der Waals surface area contributed by atoms with Crippen molar-refractivity contribution < 1.29 is 26.3 Å². The van der Waals surface area contributed by atoms with Crippen LogP contribution in [0.15, 0.2) is 28.2 Å². The smallest absolute Gasteiger partial charge is 0.282 e. The van der Waals surface area contributed by atoms with Crippen LogP contribution in [0.4, 0.5) is 0 Å². The Kier molecular flexibility index (Phi) is 5.62. The van der Waals surface area contributed by atoms with Gasteiger partial charge in [-0.25, -0.2) is 8.42 Å². The molecule has 1 atom stereocenters. The first kappa shape index (κ1) is 19.5. The van der Waals surface area contributed by atoms with E-state index in [1.807, 2.05) is 0 Å². The minimum absolute atomic E-state index is 0.0539. The second kappa shape index (κ2) is 7.20. The van der Waals surface area contributed by atoms with E-state index in [1.54, 1.807) is 13.8 Å². The average molecular weight is 390 g/mol. The van der Waals surface area contributed by atoms with Crippen LogP contribution in [0.3, 0.4) is 0 Å². The van der Waals surface area contributed by atoms with E-state index in [0.29, 0.717) is 11.5 Å². The Bertz CT molecular complexity index is 873. The summed E-state index contributed by atoms with van der Waals surface area (Å²) >= 11 is 0. The average Bonchev–Trinajstić information content (AvgIpc) is 2.91. The van der Waals surface area contributed by atoms with Crippen LogP contribution in [0.5, 0.6) is 11.5 Å². The normalized spacial score (nSPS) is 19.3. The molecule has 0 aromatic heterocycles. The van der Waals surface area contributed by atoms with Crippen molar-refractivity contribution in [1.82, 2.24) is 4.41 Å². The maximum absolute atomic E-state index is 13.1. The Morgan fingerprint density at radius 1 is 1.24 bits per heavy atom. The first-order valence-electron chi connectivity index (χ1n) is 7.59. The van der Waals surface area contributed by atoms with Crippen LogP contribution in [0.25, 0.3) is 0 Å². The summed E-state index contributed by atoms with van der Waals surface area (Å²) in [6.45, 7) is 3.30. The summed E-state index contributed by atoms with van der Waals surface area (Å²) < 4.78 is 61.0. The van der Waals surface area contributed by atoms with Crippen molar-refractivity contribution in [3.63, 3.8) is 0 Å². The van der Waals surface area contributed by atoms with Crippen molar-refractivity contribution in [3.8, 4) is 11.5 Å². The summed E-state index contributed by atoms with van der Waals surface area (Å²) in [5.41, 5.74) is 0.500. The second-order valence-electron chi connectivity index (χ2n) is 5.90. The Balaban J connectivity index is 2.55. The number of methoxy groups -OCH3 is 2. The molecule has 0 aliphatic carbocycles. The molecule has 0 N–H and O–H groups in total. The van der Waals surface area contributed by atoms with Crippen molar-refractivity contribution in [2.24, 2.45) is 5.10 Å². The first-order chi connectivity index (χ1) is 11.6. The molecule has 140 valence electrons. The van der Waals surface area contributed by atoms with E-state index >= 15 is 0 Å². The van der Waals surface area contributed by atoms with Gasteiger partial charge < -0.3 is 9.47 Å². The molecular weight excluding hydrogens is 368 g/mol. The number of nitrogens with zero attached hydrogens (tertiary/aromatic N) is 2. The Hall–Kier alpha value is -1.81. The fourth-order valence-corrected chi connectivity index (χ4v) is 6.03. The van der Waals surface area contributed by atoms with Gasteiger partial charge in [0.2, 0.25) is 0 Å².